The van der Waals surface area contributed by atoms with Gasteiger partial charge in [-0.25, -0.2) is 4.68 Å². The highest BCUT2D eigenvalue weighted by molar-refractivity contribution is 6.32. The molecule has 5 nitrogen and oxygen atoms in total. The van der Waals surface area contributed by atoms with Gasteiger partial charge in [-0.2, -0.15) is 5.10 Å². The number of hydrogen-bond acceptors (Lipinski definition) is 4. The van der Waals surface area contributed by atoms with E-state index in [1.54, 1.807) is 6.20 Å². The highest BCUT2D eigenvalue weighted by Crippen LogP contribution is 2.30. The Labute approximate surface area is 123 Å². The van der Waals surface area contributed by atoms with E-state index in [0.29, 0.717) is 24.3 Å². The summed E-state index contributed by atoms with van der Waals surface area (Å²) in [6, 6.07) is 0.974. The molecule has 2 aliphatic rings. The van der Waals surface area contributed by atoms with Crippen LogP contribution >= 0.6 is 11.6 Å². The van der Waals surface area contributed by atoms with Crippen molar-refractivity contribution in [3.8, 4) is 0 Å². The van der Waals surface area contributed by atoms with Gasteiger partial charge in [0, 0.05) is 25.2 Å². The quantitative estimate of drug-likeness (QED) is 0.923. The van der Waals surface area contributed by atoms with Crippen molar-refractivity contribution >= 4 is 17.3 Å². The molecule has 110 valence electrons. The van der Waals surface area contributed by atoms with Gasteiger partial charge >= 0.3 is 0 Å². The fraction of sp³-hybridized carbons (Fsp3) is 0.714. The molecule has 1 aromatic heterocycles. The van der Waals surface area contributed by atoms with Crippen molar-refractivity contribution in [2.45, 2.75) is 51.2 Å². The van der Waals surface area contributed by atoms with E-state index in [9.17, 15) is 4.79 Å². The minimum Gasteiger partial charge on any atom is -0.378 e. The van der Waals surface area contributed by atoms with Gasteiger partial charge in [0.15, 0.2) is 0 Å². The van der Waals surface area contributed by atoms with Gasteiger partial charge in [-0.05, 0) is 32.2 Å². The fourth-order valence-electron chi connectivity index (χ4n) is 3.39. The second-order valence-corrected chi connectivity index (χ2v) is 6.06. The van der Waals surface area contributed by atoms with E-state index in [1.807, 2.05) is 6.92 Å². The summed E-state index contributed by atoms with van der Waals surface area (Å²) in [5, 5.41) is 7.91. The summed E-state index contributed by atoms with van der Waals surface area (Å²) >= 11 is 6.21. The van der Waals surface area contributed by atoms with E-state index in [-0.39, 0.29) is 10.6 Å². The smallest absolute Gasteiger partial charge is 0.287 e. The summed E-state index contributed by atoms with van der Waals surface area (Å²) in [5.41, 5.74) is 0.488. The molecule has 2 saturated heterocycles. The van der Waals surface area contributed by atoms with Gasteiger partial charge in [-0.3, -0.25) is 9.69 Å². The third-order valence-corrected chi connectivity index (χ3v) is 4.73. The lowest BCUT2D eigenvalue weighted by Crippen LogP contribution is -2.34. The maximum atomic E-state index is 12.1. The lowest BCUT2D eigenvalue weighted by molar-refractivity contribution is 0.318. The summed E-state index contributed by atoms with van der Waals surface area (Å²) in [6.45, 7) is 4.97. The largest absolute Gasteiger partial charge is 0.378 e. The lowest BCUT2D eigenvalue weighted by atomic mass is 10.1. The van der Waals surface area contributed by atoms with E-state index < -0.39 is 0 Å². The van der Waals surface area contributed by atoms with Crippen LogP contribution in [0.25, 0.3) is 0 Å². The maximum Gasteiger partial charge on any atom is 0.287 e. The molecule has 1 N–H and O–H groups in total. The number of rotatable bonds is 4. The van der Waals surface area contributed by atoms with Gasteiger partial charge in [0.2, 0.25) is 0 Å². The van der Waals surface area contributed by atoms with E-state index in [1.165, 1.54) is 24.1 Å². The van der Waals surface area contributed by atoms with Gasteiger partial charge in [0.25, 0.3) is 5.56 Å². The van der Waals surface area contributed by atoms with Crippen LogP contribution in [0.4, 0.5) is 5.69 Å². The Balaban J connectivity index is 1.78. The minimum atomic E-state index is -0.195. The molecule has 0 amide bonds. The average molecular weight is 297 g/mol. The van der Waals surface area contributed by atoms with Gasteiger partial charge in [-0.15, -0.1) is 0 Å². The van der Waals surface area contributed by atoms with E-state index in [4.69, 9.17) is 11.6 Å². The average Bonchev–Trinajstić information content (AvgIpc) is 3.03. The number of hydrogen-bond donors (Lipinski definition) is 1. The van der Waals surface area contributed by atoms with Crippen molar-refractivity contribution in [2.24, 2.45) is 0 Å². The van der Waals surface area contributed by atoms with Crippen LogP contribution in [0.1, 0.15) is 32.6 Å². The van der Waals surface area contributed by atoms with Gasteiger partial charge in [0.05, 0.1) is 11.9 Å². The van der Waals surface area contributed by atoms with Crippen molar-refractivity contribution in [1.29, 1.82) is 0 Å². The molecule has 2 atom stereocenters. The monoisotopic (exact) mass is 296 g/mol. The van der Waals surface area contributed by atoms with Crippen LogP contribution in [0.3, 0.4) is 0 Å². The van der Waals surface area contributed by atoms with Gasteiger partial charge < -0.3 is 5.32 Å². The molecule has 0 saturated carbocycles. The molecule has 1 aromatic rings. The molecule has 2 aliphatic heterocycles. The molecule has 0 aromatic carbocycles. The second-order valence-electron chi connectivity index (χ2n) is 5.69. The third-order valence-electron chi connectivity index (χ3n) is 4.37. The van der Waals surface area contributed by atoms with Crippen LogP contribution in [-0.2, 0) is 6.54 Å². The topological polar surface area (TPSA) is 50.2 Å². The zero-order valence-electron chi connectivity index (χ0n) is 11.8. The van der Waals surface area contributed by atoms with Crippen molar-refractivity contribution in [2.75, 3.05) is 18.4 Å². The molecule has 0 bridgehead atoms. The fourth-order valence-corrected chi connectivity index (χ4v) is 3.59. The van der Waals surface area contributed by atoms with Crippen molar-refractivity contribution in [3.63, 3.8) is 0 Å². The van der Waals surface area contributed by atoms with Crippen molar-refractivity contribution < 1.29 is 0 Å². The summed E-state index contributed by atoms with van der Waals surface area (Å²) in [4.78, 5) is 14.6. The molecular weight excluding hydrogens is 276 g/mol. The van der Waals surface area contributed by atoms with Crippen LogP contribution in [0.15, 0.2) is 11.0 Å². The van der Waals surface area contributed by atoms with E-state index in [2.05, 4.69) is 15.3 Å². The molecule has 2 unspecified atom stereocenters. The Morgan fingerprint density at radius 2 is 2.30 bits per heavy atom. The molecule has 0 radical (unpaired) electrons. The van der Waals surface area contributed by atoms with Crippen LogP contribution in [0.2, 0.25) is 5.02 Å². The maximum absolute atomic E-state index is 12.1. The lowest BCUT2D eigenvalue weighted by Gasteiger charge is -2.22. The molecule has 20 heavy (non-hydrogen) atoms. The highest BCUT2D eigenvalue weighted by Gasteiger charge is 2.37. The van der Waals surface area contributed by atoms with Gasteiger partial charge in [-0.1, -0.05) is 18.5 Å². The van der Waals surface area contributed by atoms with Crippen LogP contribution in [0, 0.1) is 0 Å². The van der Waals surface area contributed by atoms with Crippen LogP contribution in [-0.4, -0.2) is 39.9 Å². The zero-order valence-corrected chi connectivity index (χ0v) is 12.6. The number of halogens is 1. The summed E-state index contributed by atoms with van der Waals surface area (Å²) in [5.74, 6) is 0. The first kappa shape index (κ1) is 13.9. The standard InChI is InChI=1S/C14H21ClN4O/c1-2-6-19-14(20)13(15)11(9-16-19)17-10-5-8-18-7-3-4-12(10)18/h9-10,12,17H,2-8H2,1H3. The number of aryl methyl sites for hydroxylation is 1. The Kier molecular flexibility index (Phi) is 3.98. The third kappa shape index (κ3) is 2.44. The summed E-state index contributed by atoms with van der Waals surface area (Å²) in [6.07, 6.45) is 6.17. The van der Waals surface area contributed by atoms with Crippen LogP contribution < -0.4 is 10.9 Å². The first-order valence-electron chi connectivity index (χ1n) is 7.47. The number of nitrogens with one attached hydrogen (secondary N) is 1. The first-order chi connectivity index (χ1) is 9.70. The van der Waals surface area contributed by atoms with Gasteiger partial charge in [0.1, 0.15) is 5.02 Å². The summed E-state index contributed by atoms with van der Waals surface area (Å²) in [7, 11) is 0. The SMILES string of the molecule is CCCn1ncc(NC2CCN3CCCC23)c(Cl)c1=O. The normalized spacial score (nSPS) is 25.9. The molecule has 3 rings (SSSR count). The molecule has 0 spiro atoms. The molecular formula is C14H21ClN4O. The molecule has 2 fully saturated rings. The zero-order chi connectivity index (χ0) is 14.1. The van der Waals surface area contributed by atoms with E-state index >= 15 is 0 Å². The first-order valence-corrected chi connectivity index (χ1v) is 7.84. The highest BCUT2D eigenvalue weighted by atomic mass is 35.5. The summed E-state index contributed by atoms with van der Waals surface area (Å²) < 4.78 is 1.43. The Bertz CT molecular complexity index is 544. The van der Waals surface area contributed by atoms with Crippen molar-refractivity contribution in [3.05, 3.63) is 21.6 Å². The number of fused-ring (bicyclic) bond motifs is 1. The Morgan fingerprint density at radius 1 is 1.45 bits per heavy atom. The minimum absolute atomic E-state index is 0.195. The second kappa shape index (κ2) is 5.74. The van der Waals surface area contributed by atoms with E-state index in [0.717, 1.165) is 19.4 Å². The number of aromatic nitrogens is 2. The van der Waals surface area contributed by atoms with Crippen LogP contribution in [0.5, 0.6) is 0 Å². The Morgan fingerprint density at radius 3 is 3.10 bits per heavy atom. The van der Waals surface area contributed by atoms with Crippen molar-refractivity contribution in [1.82, 2.24) is 14.7 Å². The molecule has 0 aliphatic carbocycles. The number of anilines is 1. The Hall–Kier alpha value is -1.07. The predicted molar refractivity (Wildman–Crippen MR) is 80.4 cm³/mol. The molecule has 6 heteroatoms. The predicted octanol–water partition coefficient (Wildman–Crippen LogP) is 1.96. The number of nitrogens with zero attached hydrogens (tertiary/aromatic N) is 3. The molecule has 3 heterocycles.